The van der Waals surface area contributed by atoms with E-state index in [1.54, 1.807) is 18.0 Å². The second-order valence-corrected chi connectivity index (χ2v) is 16.9. The van der Waals surface area contributed by atoms with Gasteiger partial charge in [0.2, 0.25) is 11.8 Å². The van der Waals surface area contributed by atoms with E-state index < -0.39 is 30.4 Å². The monoisotopic (exact) mass is 834 g/mol. The first-order chi connectivity index (χ1) is 29.3. The Balaban J connectivity index is 1.04. The summed E-state index contributed by atoms with van der Waals surface area (Å²) in [6.07, 6.45) is 2.15. The van der Waals surface area contributed by atoms with Crippen LogP contribution in [-0.4, -0.2) is 106 Å². The summed E-state index contributed by atoms with van der Waals surface area (Å²) in [5.41, 5.74) is 6.50. The van der Waals surface area contributed by atoms with E-state index in [0.717, 1.165) is 68.3 Å². The zero-order valence-electron chi connectivity index (χ0n) is 35.8. The van der Waals surface area contributed by atoms with Crippen molar-refractivity contribution in [3.05, 3.63) is 65.9 Å². The molecule has 0 saturated carbocycles. The van der Waals surface area contributed by atoms with E-state index in [1.165, 1.54) is 21.3 Å². The number of H-pyrrole nitrogens is 2. The fourth-order valence-electron chi connectivity index (χ4n) is 9.20. The second kappa shape index (κ2) is 16.7. The number of nitrogens with one attached hydrogen (secondary N) is 4. The van der Waals surface area contributed by atoms with Gasteiger partial charge in [0.1, 0.15) is 36.1 Å². The number of hydrogen-bond donors (Lipinski definition) is 4. The van der Waals surface area contributed by atoms with Crippen LogP contribution in [0.25, 0.3) is 44.2 Å². The SMILES string of the molecule is COC(=O)N[C@H](C(=O)N1[C@@H](C)CC[C@H]1c1nc2c(ccc3cc4c(cc32)OCc2cc(-c3cnc([C@@H]5C[C@H](C)CN5C(=O)[C@@H](NC(=O)OC)[C@H](C)OC)[nH]3)ccc2-4)[nH]1)C(C)C. The lowest BCUT2D eigenvalue weighted by molar-refractivity contribution is -0.138. The molecule has 0 radical (unpaired) electrons. The molecule has 16 heteroatoms. The molecule has 0 bridgehead atoms. The summed E-state index contributed by atoms with van der Waals surface area (Å²) >= 11 is 0. The molecule has 3 aliphatic rings. The number of ether oxygens (including phenoxy) is 4. The summed E-state index contributed by atoms with van der Waals surface area (Å²) in [6.45, 7) is 10.6. The van der Waals surface area contributed by atoms with Crippen molar-refractivity contribution >= 4 is 45.8 Å². The average molecular weight is 835 g/mol. The molecule has 0 unspecified atom stereocenters. The first-order valence-corrected chi connectivity index (χ1v) is 20.9. The summed E-state index contributed by atoms with van der Waals surface area (Å²) in [5, 5.41) is 7.33. The number of aromatic nitrogens is 4. The van der Waals surface area contributed by atoms with Gasteiger partial charge in [-0.15, -0.1) is 0 Å². The van der Waals surface area contributed by atoms with Crippen LogP contribution < -0.4 is 15.4 Å². The third kappa shape index (κ3) is 7.73. The summed E-state index contributed by atoms with van der Waals surface area (Å²) in [6, 6.07) is 12.3. The Bertz CT molecular complexity index is 2500. The molecular weight excluding hydrogens is 781 g/mol. The van der Waals surface area contributed by atoms with Gasteiger partial charge in [0.25, 0.3) is 0 Å². The smallest absolute Gasteiger partial charge is 0.407 e. The third-order valence-electron chi connectivity index (χ3n) is 12.6. The molecule has 322 valence electrons. The predicted molar refractivity (Wildman–Crippen MR) is 227 cm³/mol. The maximum absolute atomic E-state index is 14.0. The zero-order chi connectivity index (χ0) is 43.3. The van der Waals surface area contributed by atoms with E-state index in [1.807, 2.05) is 31.7 Å². The second-order valence-electron chi connectivity index (χ2n) is 16.9. The van der Waals surface area contributed by atoms with Crippen LogP contribution in [0.4, 0.5) is 9.59 Å². The highest BCUT2D eigenvalue weighted by atomic mass is 16.5. The normalized spacial score (nSPS) is 21.1. The van der Waals surface area contributed by atoms with Crippen LogP contribution in [0.1, 0.15) is 83.2 Å². The molecule has 4 N–H and O–H groups in total. The highest BCUT2D eigenvalue weighted by Gasteiger charge is 2.43. The number of nitrogens with zero attached hydrogens (tertiary/aromatic N) is 4. The molecular formula is C45H54N8O8. The molecule has 0 aliphatic carbocycles. The molecule has 4 amide bonds. The van der Waals surface area contributed by atoms with Crippen molar-refractivity contribution < 1.29 is 38.1 Å². The molecule has 2 saturated heterocycles. The van der Waals surface area contributed by atoms with E-state index in [0.29, 0.717) is 31.2 Å². The number of fused-ring (bicyclic) bond motifs is 6. The maximum Gasteiger partial charge on any atom is 0.407 e. The minimum atomic E-state index is -0.922. The van der Waals surface area contributed by atoms with E-state index in [9.17, 15) is 19.2 Å². The lowest BCUT2D eigenvalue weighted by Crippen LogP contribution is -2.54. The Hall–Kier alpha value is -6.16. The largest absolute Gasteiger partial charge is 0.488 e. The lowest BCUT2D eigenvalue weighted by Gasteiger charge is -2.32. The zero-order valence-corrected chi connectivity index (χ0v) is 35.8. The van der Waals surface area contributed by atoms with Crippen molar-refractivity contribution in [1.82, 2.24) is 40.4 Å². The minimum Gasteiger partial charge on any atom is -0.488 e. The van der Waals surface area contributed by atoms with Gasteiger partial charge in [-0.3, -0.25) is 9.59 Å². The van der Waals surface area contributed by atoms with Gasteiger partial charge in [0.15, 0.2) is 0 Å². The topological polar surface area (TPSA) is 193 Å². The third-order valence-corrected chi connectivity index (χ3v) is 12.6. The van der Waals surface area contributed by atoms with E-state index in [2.05, 4.69) is 63.9 Å². The van der Waals surface area contributed by atoms with Gasteiger partial charge in [-0.05, 0) is 91.3 Å². The molecule has 3 aliphatic heterocycles. The Kier molecular flexibility index (Phi) is 11.4. The summed E-state index contributed by atoms with van der Waals surface area (Å²) < 4.78 is 21.5. The van der Waals surface area contributed by atoms with Crippen molar-refractivity contribution in [3.63, 3.8) is 0 Å². The molecule has 5 aromatic rings. The highest BCUT2D eigenvalue weighted by molar-refractivity contribution is 6.07. The number of benzene rings is 3. The number of methoxy groups -OCH3 is 3. The van der Waals surface area contributed by atoms with Crippen molar-refractivity contribution in [2.75, 3.05) is 27.9 Å². The molecule has 8 rings (SSSR count). The van der Waals surface area contributed by atoms with Crippen LogP contribution in [0.2, 0.25) is 0 Å². The van der Waals surface area contributed by atoms with Gasteiger partial charge in [0, 0.05) is 30.6 Å². The number of aromatic amines is 2. The number of alkyl carbamates (subject to hydrolysis) is 2. The number of hydrogen-bond acceptors (Lipinski definition) is 10. The molecule has 2 fully saturated rings. The lowest BCUT2D eigenvalue weighted by atomic mass is 9.92. The molecule has 7 atom stereocenters. The van der Waals surface area contributed by atoms with Crippen LogP contribution in [0.15, 0.2) is 48.7 Å². The molecule has 2 aromatic heterocycles. The van der Waals surface area contributed by atoms with Crippen molar-refractivity contribution in [2.24, 2.45) is 11.8 Å². The van der Waals surface area contributed by atoms with Gasteiger partial charge in [0.05, 0.1) is 55.3 Å². The fourth-order valence-corrected chi connectivity index (χ4v) is 9.20. The Morgan fingerprint density at radius 1 is 0.852 bits per heavy atom. The molecule has 0 spiro atoms. The predicted octanol–water partition coefficient (Wildman–Crippen LogP) is 6.77. The van der Waals surface area contributed by atoms with Gasteiger partial charge in [-0.1, -0.05) is 39.0 Å². The molecule has 16 nitrogen and oxygen atoms in total. The fraction of sp³-hybridized carbons (Fsp3) is 0.467. The number of rotatable bonds is 10. The highest BCUT2D eigenvalue weighted by Crippen LogP contribution is 2.44. The van der Waals surface area contributed by atoms with Gasteiger partial charge in [-0.2, -0.15) is 0 Å². The Labute approximate surface area is 354 Å². The number of likely N-dealkylation sites (tertiary alicyclic amines) is 2. The van der Waals surface area contributed by atoms with Crippen LogP contribution in [0.3, 0.4) is 0 Å². The van der Waals surface area contributed by atoms with Crippen LogP contribution in [0.5, 0.6) is 5.75 Å². The summed E-state index contributed by atoms with van der Waals surface area (Å²) in [5.74, 6) is 1.81. The minimum absolute atomic E-state index is 0.0295. The van der Waals surface area contributed by atoms with Gasteiger partial charge < -0.3 is 49.3 Å². The quantitative estimate of drug-likeness (QED) is 0.117. The van der Waals surface area contributed by atoms with Gasteiger partial charge >= 0.3 is 12.2 Å². The molecule has 61 heavy (non-hydrogen) atoms. The molecule has 3 aromatic carbocycles. The van der Waals surface area contributed by atoms with E-state index in [-0.39, 0.29) is 41.8 Å². The Morgan fingerprint density at radius 3 is 2.33 bits per heavy atom. The van der Waals surface area contributed by atoms with Crippen molar-refractivity contribution in [3.8, 4) is 28.1 Å². The summed E-state index contributed by atoms with van der Waals surface area (Å²) in [4.78, 5) is 72.6. The van der Waals surface area contributed by atoms with Crippen LogP contribution in [0, 0.1) is 11.8 Å². The number of carbonyl (C=O) groups is 4. The molecule has 5 heterocycles. The van der Waals surface area contributed by atoms with Gasteiger partial charge in [-0.25, -0.2) is 19.6 Å². The van der Waals surface area contributed by atoms with Crippen LogP contribution in [-0.2, 0) is 30.4 Å². The van der Waals surface area contributed by atoms with E-state index >= 15 is 0 Å². The maximum atomic E-state index is 14.0. The average Bonchev–Trinajstić information content (AvgIpc) is 4.08. The first-order valence-electron chi connectivity index (χ1n) is 20.9. The first kappa shape index (κ1) is 41.6. The van der Waals surface area contributed by atoms with Crippen molar-refractivity contribution in [2.45, 2.75) is 96.8 Å². The van der Waals surface area contributed by atoms with Crippen LogP contribution >= 0.6 is 0 Å². The standard InChI is InChI=1S/C45H54N8O8/c1-22(2)37(50-44(56)59-7)43(55)53-24(4)9-14-34(53)41-47-32-13-11-26-17-31-29-12-10-27(16-28(29)21-61-36(31)18-30(26)39(32)49-41)33-19-46-40(48-33)35-15-23(3)20-52(35)42(54)38(25(5)58-6)51-45(57)60-8/h10-13,16-19,22-25,34-35,37-38H,9,14-15,20-21H2,1-8H3,(H,46,48)(H,47,49)(H,50,56)(H,51,57)/t23-,24-,25-,34-,35-,37-,38-/m0/s1. The Morgan fingerprint density at radius 2 is 1.61 bits per heavy atom. The summed E-state index contributed by atoms with van der Waals surface area (Å²) in [7, 11) is 4.05. The number of carbonyl (C=O) groups excluding carboxylic acids is 4. The van der Waals surface area contributed by atoms with E-state index in [4.69, 9.17) is 28.9 Å². The van der Waals surface area contributed by atoms with Crippen molar-refractivity contribution in [1.29, 1.82) is 0 Å². The number of imidazole rings is 2. The number of amides is 4.